The Bertz CT molecular complexity index is 279. The first kappa shape index (κ1) is 14.5. The standard InChI is InChI=1S/C13H26N2O2/c1-9-5-6-11(14)10(7-9)12(17)15(4)13(2,3)8-16/h9-11,16H,5-8,14H2,1-4H3. The predicted octanol–water partition coefficient (Wildman–Crippen LogP) is 0.979. The van der Waals surface area contributed by atoms with Crippen LogP contribution in [0.4, 0.5) is 0 Å². The van der Waals surface area contributed by atoms with Crippen molar-refractivity contribution in [3.63, 3.8) is 0 Å². The zero-order valence-corrected chi connectivity index (χ0v) is 11.4. The number of aliphatic hydroxyl groups excluding tert-OH is 1. The largest absolute Gasteiger partial charge is 0.394 e. The van der Waals surface area contributed by atoms with Crippen molar-refractivity contribution in [1.29, 1.82) is 0 Å². The summed E-state index contributed by atoms with van der Waals surface area (Å²) < 4.78 is 0. The van der Waals surface area contributed by atoms with E-state index in [9.17, 15) is 9.90 Å². The molecule has 1 rings (SSSR count). The van der Waals surface area contributed by atoms with Gasteiger partial charge in [0.2, 0.25) is 5.91 Å². The molecule has 0 aliphatic heterocycles. The van der Waals surface area contributed by atoms with Crippen LogP contribution in [0.2, 0.25) is 0 Å². The van der Waals surface area contributed by atoms with E-state index in [0.717, 1.165) is 19.3 Å². The van der Waals surface area contributed by atoms with Crippen molar-refractivity contribution in [2.75, 3.05) is 13.7 Å². The van der Waals surface area contributed by atoms with Gasteiger partial charge < -0.3 is 15.7 Å². The van der Waals surface area contributed by atoms with E-state index in [2.05, 4.69) is 6.92 Å². The molecule has 17 heavy (non-hydrogen) atoms. The number of carbonyl (C=O) groups is 1. The highest BCUT2D eigenvalue weighted by Crippen LogP contribution is 2.30. The molecule has 0 bridgehead atoms. The van der Waals surface area contributed by atoms with E-state index in [-0.39, 0.29) is 24.5 Å². The Morgan fingerprint density at radius 3 is 2.59 bits per heavy atom. The molecule has 1 saturated carbocycles. The van der Waals surface area contributed by atoms with Crippen LogP contribution in [0.3, 0.4) is 0 Å². The van der Waals surface area contributed by atoms with E-state index < -0.39 is 5.54 Å². The molecule has 4 heteroatoms. The van der Waals surface area contributed by atoms with Crippen LogP contribution in [0, 0.1) is 11.8 Å². The Labute approximate surface area is 104 Å². The van der Waals surface area contributed by atoms with Gasteiger partial charge in [-0.3, -0.25) is 4.79 Å². The molecule has 100 valence electrons. The Morgan fingerprint density at radius 2 is 2.06 bits per heavy atom. The van der Waals surface area contributed by atoms with Crippen LogP contribution in [0.5, 0.6) is 0 Å². The van der Waals surface area contributed by atoms with Gasteiger partial charge in [0.05, 0.1) is 18.1 Å². The minimum atomic E-state index is -0.516. The summed E-state index contributed by atoms with van der Waals surface area (Å²) in [7, 11) is 1.75. The van der Waals surface area contributed by atoms with Gasteiger partial charge in [0.15, 0.2) is 0 Å². The minimum Gasteiger partial charge on any atom is -0.394 e. The zero-order valence-electron chi connectivity index (χ0n) is 11.4. The summed E-state index contributed by atoms with van der Waals surface area (Å²) in [6, 6.07) is -0.0318. The first-order valence-electron chi connectivity index (χ1n) is 6.43. The summed E-state index contributed by atoms with van der Waals surface area (Å²) in [6.07, 6.45) is 2.90. The van der Waals surface area contributed by atoms with Gasteiger partial charge in [-0.15, -0.1) is 0 Å². The zero-order chi connectivity index (χ0) is 13.2. The maximum Gasteiger partial charge on any atom is 0.227 e. The van der Waals surface area contributed by atoms with Gasteiger partial charge in [-0.2, -0.15) is 0 Å². The number of hydrogen-bond acceptors (Lipinski definition) is 3. The lowest BCUT2D eigenvalue weighted by molar-refractivity contribution is -0.142. The Hall–Kier alpha value is -0.610. The predicted molar refractivity (Wildman–Crippen MR) is 68.4 cm³/mol. The lowest BCUT2D eigenvalue weighted by atomic mass is 9.78. The number of nitrogens with zero attached hydrogens (tertiary/aromatic N) is 1. The third kappa shape index (κ3) is 3.19. The molecule has 0 aromatic rings. The van der Waals surface area contributed by atoms with Crippen LogP contribution in [0.25, 0.3) is 0 Å². The van der Waals surface area contributed by atoms with E-state index >= 15 is 0 Å². The van der Waals surface area contributed by atoms with Crippen LogP contribution < -0.4 is 5.73 Å². The molecule has 1 aliphatic rings. The smallest absolute Gasteiger partial charge is 0.227 e. The quantitative estimate of drug-likeness (QED) is 0.775. The number of likely N-dealkylation sites (N-methyl/N-ethyl adjacent to an activating group) is 1. The highest BCUT2D eigenvalue weighted by Gasteiger charge is 2.37. The molecule has 1 aliphatic carbocycles. The lowest BCUT2D eigenvalue weighted by Gasteiger charge is -2.40. The summed E-state index contributed by atoms with van der Waals surface area (Å²) in [6.45, 7) is 5.86. The minimum absolute atomic E-state index is 0.0318. The van der Waals surface area contributed by atoms with Crippen LogP contribution in [0.15, 0.2) is 0 Å². The summed E-state index contributed by atoms with van der Waals surface area (Å²) in [5.74, 6) is 0.548. The van der Waals surface area contributed by atoms with Crippen molar-refractivity contribution in [1.82, 2.24) is 4.90 Å². The molecule has 0 saturated heterocycles. The van der Waals surface area contributed by atoms with E-state index in [0.29, 0.717) is 5.92 Å². The van der Waals surface area contributed by atoms with Crippen molar-refractivity contribution in [3.8, 4) is 0 Å². The van der Waals surface area contributed by atoms with E-state index in [1.165, 1.54) is 0 Å². The second-order valence-electron chi connectivity index (χ2n) is 6.06. The third-order valence-corrected chi connectivity index (χ3v) is 4.11. The topological polar surface area (TPSA) is 66.6 Å². The second-order valence-corrected chi connectivity index (χ2v) is 6.06. The number of nitrogens with two attached hydrogens (primary N) is 1. The number of carbonyl (C=O) groups excluding carboxylic acids is 1. The summed E-state index contributed by atoms with van der Waals surface area (Å²) in [4.78, 5) is 14.0. The van der Waals surface area contributed by atoms with Gasteiger partial charge in [-0.1, -0.05) is 6.92 Å². The number of amides is 1. The first-order chi connectivity index (χ1) is 7.79. The molecule has 3 atom stereocenters. The number of aliphatic hydroxyl groups is 1. The van der Waals surface area contributed by atoms with E-state index in [4.69, 9.17) is 5.73 Å². The van der Waals surface area contributed by atoms with Crippen molar-refractivity contribution in [2.45, 2.75) is 51.6 Å². The van der Waals surface area contributed by atoms with Gasteiger partial charge in [0.25, 0.3) is 0 Å². The normalized spacial score (nSPS) is 30.1. The maximum atomic E-state index is 12.4. The SMILES string of the molecule is CC1CCC(N)C(C(=O)N(C)C(C)(C)CO)C1. The maximum absolute atomic E-state index is 12.4. The summed E-state index contributed by atoms with van der Waals surface area (Å²) >= 11 is 0. The average molecular weight is 242 g/mol. The lowest BCUT2D eigenvalue weighted by Crippen LogP contribution is -2.53. The van der Waals surface area contributed by atoms with E-state index in [1.54, 1.807) is 11.9 Å². The molecular formula is C13H26N2O2. The van der Waals surface area contributed by atoms with Gasteiger partial charge >= 0.3 is 0 Å². The van der Waals surface area contributed by atoms with Crippen LogP contribution in [0.1, 0.15) is 40.0 Å². The molecule has 0 spiro atoms. The Kier molecular flexibility index (Phi) is 4.55. The number of hydrogen-bond donors (Lipinski definition) is 2. The van der Waals surface area contributed by atoms with Gasteiger partial charge in [0, 0.05) is 13.1 Å². The third-order valence-electron chi connectivity index (χ3n) is 4.11. The molecule has 0 heterocycles. The molecule has 0 aromatic carbocycles. The summed E-state index contributed by atoms with van der Waals surface area (Å²) in [5, 5.41) is 9.30. The molecule has 3 unspecified atom stereocenters. The summed E-state index contributed by atoms with van der Waals surface area (Å²) in [5.41, 5.74) is 5.54. The highest BCUT2D eigenvalue weighted by molar-refractivity contribution is 5.80. The van der Waals surface area contributed by atoms with Crippen LogP contribution in [-0.2, 0) is 4.79 Å². The van der Waals surface area contributed by atoms with E-state index in [1.807, 2.05) is 13.8 Å². The Balaban J connectivity index is 2.74. The average Bonchev–Trinajstić information content (AvgIpc) is 2.30. The molecule has 1 fully saturated rings. The fourth-order valence-corrected chi connectivity index (χ4v) is 2.34. The van der Waals surface area contributed by atoms with Crippen molar-refractivity contribution < 1.29 is 9.90 Å². The fraction of sp³-hybridized carbons (Fsp3) is 0.923. The fourth-order valence-electron chi connectivity index (χ4n) is 2.34. The van der Waals surface area contributed by atoms with Crippen LogP contribution >= 0.6 is 0 Å². The molecule has 1 amide bonds. The van der Waals surface area contributed by atoms with Crippen molar-refractivity contribution >= 4 is 5.91 Å². The highest BCUT2D eigenvalue weighted by atomic mass is 16.3. The van der Waals surface area contributed by atoms with Gasteiger partial charge in [-0.25, -0.2) is 0 Å². The van der Waals surface area contributed by atoms with Gasteiger partial charge in [0.1, 0.15) is 0 Å². The molecular weight excluding hydrogens is 216 g/mol. The monoisotopic (exact) mass is 242 g/mol. The molecule has 0 aromatic heterocycles. The second kappa shape index (κ2) is 5.36. The molecule has 0 radical (unpaired) electrons. The number of rotatable bonds is 3. The molecule has 4 nitrogen and oxygen atoms in total. The first-order valence-corrected chi connectivity index (χ1v) is 6.43. The molecule has 3 N–H and O–H groups in total. The Morgan fingerprint density at radius 1 is 1.47 bits per heavy atom. The van der Waals surface area contributed by atoms with Crippen LogP contribution in [-0.4, -0.2) is 41.1 Å². The van der Waals surface area contributed by atoms with Gasteiger partial charge in [-0.05, 0) is 39.0 Å². The van der Waals surface area contributed by atoms with Crippen molar-refractivity contribution in [2.24, 2.45) is 17.6 Å². The van der Waals surface area contributed by atoms with Crippen molar-refractivity contribution in [3.05, 3.63) is 0 Å².